The zero-order valence-electron chi connectivity index (χ0n) is 15.5. The monoisotopic (exact) mass is 367 g/mol. The number of carbonyl (C=O) groups is 1. The van der Waals surface area contributed by atoms with Crippen LogP contribution in [0.2, 0.25) is 0 Å². The van der Waals surface area contributed by atoms with Crippen molar-refractivity contribution in [3.05, 3.63) is 59.9 Å². The first-order valence-electron chi connectivity index (χ1n) is 9.05. The second-order valence-electron chi connectivity index (χ2n) is 6.46. The fraction of sp³-hybridized carbons (Fsp3) is 0.350. The van der Waals surface area contributed by atoms with Gasteiger partial charge in [0, 0.05) is 43.9 Å². The lowest BCUT2D eigenvalue weighted by molar-refractivity contribution is -0.128. The van der Waals surface area contributed by atoms with Crippen LogP contribution in [0.15, 0.2) is 53.7 Å². The number of para-hydroxylation sites is 1. The Morgan fingerprint density at radius 3 is 2.96 bits per heavy atom. The Hall–Kier alpha value is -3.09. The summed E-state index contributed by atoms with van der Waals surface area (Å²) in [6.07, 6.45) is 3.26. The van der Waals surface area contributed by atoms with Gasteiger partial charge in [0.15, 0.2) is 5.96 Å². The highest BCUT2D eigenvalue weighted by Gasteiger charge is 2.21. The number of carbonyl (C=O) groups excluding carboxylic acids is 1. The van der Waals surface area contributed by atoms with E-state index in [9.17, 15) is 4.79 Å². The minimum Gasteiger partial charge on any atom is -0.493 e. The second-order valence-corrected chi connectivity index (χ2v) is 6.46. The van der Waals surface area contributed by atoms with Crippen molar-refractivity contribution in [3.8, 4) is 5.75 Å². The van der Waals surface area contributed by atoms with Crippen molar-refractivity contribution in [1.29, 1.82) is 0 Å². The number of ether oxygens (including phenoxy) is 1. The van der Waals surface area contributed by atoms with E-state index in [0.717, 1.165) is 23.4 Å². The lowest BCUT2D eigenvalue weighted by Gasteiger charge is -2.27. The van der Waals surface area contributed by atoms with Crippen LogP contribution in [0.3, 0.4) is 0 Å². The summed E-state index contributed by atoms with van der Waals surface area (Å²) in [5, 5.41) is 3.19. The molecule has 3 N–H and O–H groups in total. The van der Waals surface area contributed by atoms with Gasteiger partial charge in [-0.25, -0.2) is 4.99 Å². The summed E-state index contributed by atoms with van der Waals surface area (Å²) < 4.78 is 5.64. The molecule has 7 nitrogen and oxygen atoms in total. The number of aliphatic imine (C=N–C) groups is 1. The van der Waals surface area contributed by atoms with Crippen molar-refractivity contribution in [2.45, 2.75) is 18.9 Å². The van der Waals surface area contributed by atoms with Crippen molar-refractivity contribution < 1.29 is 9.53 Å². The third kappa shape index (κ3) is 5.20. The summed E-state index contributed by atoms with van der Waals surface area (Å²) in [6, 6.07) is 13.7. The van der Waals surface area contributed by atoms with Crippen LogP contribution >= 0.6 is 0 Å². The van der Waals surface area contributed by atoms with Gasteiger partial charge in [-0.15, -0.1) is 0 Å². The number of likely N-dealkylation sites (N-methyl/N-ethyl adjacent to an activating group) is 1. The maximum absolute atomic E-state index is 12.3. The number of nitrogens with one attached hydrogen (secondary N) is 1. The van der Waals surface area contributed by atoms with E-state index in [-0.39, 0.29) is 24.5 Å². The molecular formula is C20H25N5O2. The van der Waals surface area contributed by atoms with Crippen LogP contribution in [-0.4, -0.2) is 48.5 Å². The van der Waals surface area contributed by atoms with E-state index in [1.807, 2.05) is 42.5 Å². The van der Waals surface area contributed by atoms with Gasteiger partial charge in [0.2, 0.25) is 5.91 Å². The first-order chi connectivity index (χ1) is 13.1. The van der Waals surface area contributed by atoms with Gasteiger partial charge in [0.05, 0.1) is 12.6 Å². The molecule has 2 heterocycles. The molecule has 0 spiro atoms. The molecule has 0 bridgehead atoms. The van der Waals surface area contributed by atoms with Gasteiger partial charge in [-0.05, 0) is 18.2 Å². The zero-order chi connectivity index (χ0) is 19.1. The number of hydrogen-bond donors (Lipinski definition) is 2. The van der Waals surface area contributed by atoms with E-state index in [1.165, 1.54) is 0 Å². The molecule has 142 valence electrons. The number of nitrogens with two attached hydrogens (primary N) is 1. The number of nitrogens with zero attached hydrogens (tertiary/aromatic N) is 3. The highest BCUT2D eigenvalue weighted by molar-refractivity contribution is 5.84. The molecule has 1 amide bonds. The molecule has 1 aromatic carbocycles. The average molecular weight is 367 g/mol. The van der Waals surface area contributed by atoms with E-state index in [1.54, 1.807) is 18.1 Å². The summed E-state index contributed by atoms with van der Waals surface area (Å²) in [6.45, 7) is 1.23. The molecule has 0 saturated heterocycles. The molecule has 0 radical (unpaired) electrons. The molecular weight excluding hydrogens is 342 g/mol. The number of fused-ring (bicyclic) bond motifs is 1. The van der Waals surface area contributed by atoms with Crippen LogP contribution in [0.1, 0.15) is 23.7 Å². The minimum atomic E-state index is -0.0805. The molecule has 3 rings (SSSR count). The van der Waals surface area contributed by atoms with Crippen molar-refractivity contribution >= 4 is 11.9 Å². The van der Waals surface area contributed by atoms with Gasteiger partial charge in [0.25, 0.3) is 0 Å². The maximum atomic E-state index is 12.3. The SMILES string of the molecule is CN(CCc1ccccn1)C(=O)CN=C(N)NC1CCOc2ccccc21. The van der Waals surface area contributed by atoms with Crippen LogP contribution in [0.25, 0.3) is 0 Å². The molecule has 2 aromatic rings. The van der Waals surface area contributed by atoms with Gasteiger partial charge < -0.3 is 20.7 Å². The standard InChI is InChI=1S/C20H25N5O2/c1-25(12-9-15-6-4-5-11-22-15)19(26)14-23-20(21)24-17-10-13-27-18-8-3-2-7-16(17)18/h2-8,11,17H,9-10,12-14H2,1H3,(H3,21,23,24). The Labute approximate surface area is 159 Å². The summed E-state index contributed by atoms with van der Waals surface area (Å²) in [4.78, 5) is 22.4. The van der Waals surface area contributed by atoms with Crippen molar-refractivity contribution in [2.75, 3.05) is 26.7 Å². The van der Waals surface area contributed by atoms with Gasteiger partial charge in [0.1, 0.15) is 12.3 Å². The van der Waals surface area contributed by atoms with Gasteiger partial charge >= 0.3 is 0 Å². The summed E-state index contributed by atoms with van der Waals surface area (Å²) in [5.41, 5.74) is 8.01. The third-order valence-electron chi connectivity index (χ3n) is 4.52. The van der Waals surface area contributed by atoms with Crippen LogP contribution in [-0.2, 0) is 11.2 Å². The minimum absolute atomic E-state index is 0.0163. The molecule has 1 aliphatic heterocycles. The molecule has 1 unspecified atom stereocenters. The average Bonchev–Trinajstić information content (AvgIpc) is 2.71. The number of guanidine groups is 1. The van der Waals surface area contributed by atoms with Crippen LogP contribution in [0.5, 0.6) is 5.75 Å². The fourth-order valence-corrected chi connectivity index (χ4v) is 2.94. The molecule has 27 heavy (non-hydrogen) atoms. The Morgan fingerprint density at radius 2 is 2.15 bits per heavy atom. The number of benzene rings is 1. The molecule has 1 aliphatic rings. The number of aromatic nitrogens is 1. The van der Waals surface area contributed by atoms with Gasteiger partial charge in [-0.1, -0.05) is 24.3 Å². The lowest BCUT2D eigenvalue weighted by Crippen LogP contribution is -2.38. The molecule has 0 fully saturated rings. The topological polar surface area (TPSA) is 92.8 Å². The Bertz CT molecular complexity index is 794. The lowest BCUT2D eigenvalue weighted by atomic mass is 10.0. The molecule has 0 aliphatic carbocycles. The summed E-state index contributed by atoms with van der Waals surface area (Å²) in [7, 11) is 1.76. The van der Waals surface area contributed by atoms with E-state index in [0.29, 0.717) is 19.6 Å². The van der Waals surface area contributed by atoms with E-state index < -0.39 is 0 Å². The quantitative estimate of drug-likeness (QED) is 0.596. The smallest absolute Gasteiger partial charge is 0.244 e. The van der Waals surface area contributed by atoms with E-state index in [2.05, 4.69) is 15.3 Å². The Balaban J connectivity index is 1.49. The predicted octanol–water partition coefficient (Wildman–Crippen LogP) is 1.51. The van der Waals surface area contributed by atoms with Crippen molar-refractivity contribution in [2.24, 2.45) is 10.7 Å². The summed E-state index contributed by atoms with van der Waals surface area (Å²) >= 11 is 0. The van der Waals surface area contributed by atoms with E-state index >= 15 is 0 Å². The zero-order valence-corrected chi connectivity index (χ0v) is 15.5. The van der Waals surface area contributed by atoms with Gasteiger partial charge in [-0.2, -0.15) is 0 Å². The van der Waals surface area contributed by atoms with Crippen molar-refractivity contribution in [1.82, 2.24) is 15.2 Å². The first-order valence-corrected chi connectivity index (χ1v) is 9.05. The first kappa shape index (κ1) is 18.7. The molecule has 1 aromatic heterocycles. The summed E-state index contributed by atoms with van der Waals surface area (Å²) in [5.74, 6) is 1.05. The normalized spacial score (nSPS) is 16.2. The number of rotatable bonds is 6. The number of pyridine rings is 1. The van der Waals surface area contributed by atoms with Crippen LogP contribution < -0.4 is 15.8 Å². The van der Waals surface area contributed by atoms with Gasteiger partial charge in [-0.3, -0.25) is 9.78 Å². The molecule has 0 saturated carbocycles. The fourth-order valence-electron chi connectivity index (χ4n) is 2.94. The Morgan fingerprint density at radius 1 is 1.33 bits per heavy atom. The molecule has 7 heteroatoms. The van der Waals surface area contributed by atoms with E-state index in [4.69, 9.17) is 10.5 Å². The Kier molecular flexibility index (Phi) is 6.25. The highest BCUT2D eigenvalue weighted by atomic mass is 16.5. The highest BCUT2D eigenvalue weighted by Crippen LogP contribution is 2.31. The number of hydrogen-bond acceptors (Lipinski definition) is 4. The maximum Gasteiger partial charge on any atom is 0.244 e. The predicted molar refractivity (Wildman–Crippen MR) is 104 cm³/mol. The largest absolute Gasteiger partial charge is 0.493 e. The second kappa shape index (κ2) is 9.02. The van der Waals surface area contributed by atoms with Crippen LogP contribution in [0.4, 0.5) is 0 Å². The molecule has 1 atom stereocenters. The third-order valence-corrected chi connectivity index (χ3v) is 4.52. The van der Waals surface area contributed by atoms with Crippen LogP contribution in [0, 0.1) is 0 Å². The number of amides is 1. The van der Waals surface area contributed by atoms with Crippen molar-refractivity contribution in [3.63, 3.8) is 0 Å².